The lowest BCUT2D eigenvalue weighted by molar-refractivity contribution is -0.135. The van der Waals surface area contributed by atoms with Gasteiger partial charge in [-0.1, -0.05) is 77.1 Å². The van der Waals surface area contributed by atoms with Gasteiger partial charge < -0.3 is 19.0 Å². The summed E-state index contributed by atoms with van der Waals surface area (Å²) < 4.78 is 17.6. The van der Waals surface area contributed by atoms with E-state index in [-0.39, 0.29) is 29.8 Å². The molecule has 0 bridgehead atoms. The number of imide groups is 1. The van der Waals surface area contributed by atoms with Crippen molar-refractivity contribution in [2.24, 2.45) is 11.8 Å². The molecule has 0 aromatic heterocycles. The average molecular weight is 546 g/mol. The highest BCUT2D eigenvalue weighted by atomic mass is 28.4. The van der Waals surface area contributed by atoms with Crippen molar-refractivity contribution in [1.82, 2.24) is 4.90 Å². The summed E-state index contributed by atoms with van der Waals surface area (Å²) in [6.07, 6.45) is 1.79. The molecule has 6 atom stereocenters. The summed E-state index contributed by atoms with van der Waals surface area (Å²) in [6.45, 7) is 20.5. The third-order valence-corrected chi connectivity index (χ3v) is 12.4. The minimum absolute atomic E-state index is 0.00423. The lowest BCUT2D eigenvalue weighted by atomic mass is 9.91. The number of aliphatic hydroxyl groups is 1. The predicted molar refractivity (Wildman–Crippen MR) is 153 cm³/mol. The molecule has 7 nitrogen and oxygen atoms in total. The van der Waals surface area contributed by atoms with Crippen LogP contribution in [0.3, 0.4) is 0 Å². The number of nitrogens with zero attached hydrogens (tertiary/aromatic N) is 1. The van der Waals surface area contributed by atoms with Crippen molar-refractivity contribution in [3.8, 4) is 0 Å². The molecule has 0 radical (unpaired) electrons. The largest absolute Gasteiger partial charge is 0.447 e. The second-order valence-corrected chi connectivity index (χ2v) is 16.7. The molecule has 1 aliphatic heterocycles. The highest BCUT2D eigenvalue weighted by Gasteiger charge is 2.43. The maximum absolute atomic E-state index is 13.4. The molecular weight excluding hydrogens is 498 g/mol. The number of methoxy groups -OCH3 is 1. The first-order valence-corrected chi connectivity index (χ1v) is 16.3. The van der Waals surface area contributed by atoms with Crippen molar-refractivity contribution in [2.75, 3.05) is 13.7 Å². The smallest absolute Gasteiger partial charge is 0.416 e. The van der Waals surface area contributed by atoms with Crippen molar-refractivity contribution in [3.63, 3.8) is 0 Å². The Morgan fingerprint density at radius 3 is 2.39 bits per heavy atom. The third kappa shape index (κ3) is 7.65. The Kier molecular flexibility index (Phi) is 11.1. The van der Waals surface area contributed by atoms with Crippen LogP contribution in [0.25, 0.3) is 0 Å². The first kappa shape index (κ1) is 32.0. The van der Waals surface area contributed by atoms with Gasteiger partial charge in [0.15, 0.2) is 8.32 Å². The molecule has 212 valence electrons. The van der Waals surface area contributed by atoms with Gasteiger partial charge in [-0.25, -0.2) is 9.69 Å². The normalized spacial score (nSPS) is 20.9. The molecule has 1 aliphatic rings. The number of ether oxygens (including phenoxy) is 2. The van der Waals surface area contributed by atoms with Crippen molar-refractivity contribution in [1.29, 1.82) is 0 Å². The number of hydrogen-bond donors (Lipinski definition) is 1. The van der Waals surface area contributed by atoms with E-state index in [0.29, 0.717) is 12.0 Å². The van der Waals surface area contributed by atoms with E-state index in [4.69, 9.17) is 13.9 Å². The summed E-state index contributed by atoms with van der Waals surface area (Å²) in [4.78, 5) is 27.1. The Labute approximate surface area is 230 Å². The summed E-state index contributed by atoms with van der Waals surface area (Å²) in [7, 11) is -0.508. The minimum atomic E-state index is -2.14. The maximum atomic E-state index is 13.4. The van der Waals surface area contributed by atoms with Crippen LogP contribution in [0.2, 0.25) is 18.1 Å². The fourth-order valence-electron chi connectivity index (χ4n) is 4.48. The topological polar surface area (TPSA) is 85.3 Å². The zero-order valence-electron chi connectivity index (χ0n) is 24.6. The van der Waals surface area contributed by atoms with Gasteiger partial charge in [0.1, 0.15) is 12.7 Å². The molecular formula is C30H47NO6Si. The molecule has 8 heteroatoms. The Morgan fingerprint density at radius 1 is 1.26 bits per heavy atom. The molecule has 1 aromatic rings. The molecule has 38 heavy (non-hydrogen) atoms. The zero-order chi connectivity index (χ0) is 28.8. The van der Waals surface area contributed by atoms with E-state index in [1.165, 1.54) is 4.90 Å². The molecule has 2 amide bonds. The Bertz CT molecular complexity index is 986. The molecule has 1 unspecified atom stereocenters. The molecule has 0 aliphatic carbocycles. The molecule has 1 heterocycles. The summed E-state index contributed by atoms with van der Waals surface area (Å²) in [6, 6.07) is 9.26. The number of carbonyl (C=O) groups excluding carboxylic acids is 2. The van der Waals surface area contributed by atoms with E-state index < -0.39 is 38.4 Å². The van der Waals surface area contributed by atoms with Gasteiger partial charge in [-0.2, -0.15) is 0 Å². The number of carbonyl (C=O) groups is 2. The van der Waals surface area contributed by atoms with Crippen molar-refractivity contribution in [2.45, 2.75) is 90.4 Å². The van der Waals surface area contributed by atoms with Gasteiger partial charge in [-0.05, 0) is 42.6 Å². The van der Waals surface area contributed by atoms with Crippen molar-refractivity contribution < 1.29 is 28.6 Å². The van der Waals surface area contributed by atoms with Crippen LogP contribution in [0, 0.1) is 11.8 Å². The van der Waals surface area contributed by atoms with Gasteiger partial charge >= 0.3 is 6.09 Å². The Morgan fingerprint density at radius 2 is 1.87 bits per heavy atom. The molecule has 2 rings (SSSR count). The number of amides is 2. The SMILES string of the molecule is C=C[C@H](OC)[C@@H](O[Si](C)(C)C(C)(C)C)[C@H](C)/C=C(/C)[C@H](O)C(C)C(=O)N1C(=O)OC[C@H]1Cc1ccccc1. The van der Waals surface area contributed by atoms with Crippen LogP contribution in [0.15, 0.2) is 54.6 Å². The van der Waals surface area contributed by atoms with Gasteiger partial charge in [0.05, 0.1) is 24.2 Å². The number of cyclic esters (lactones) is 1. The quantitative estimate of drug-likeness (QED) is 0.266. The molecule has 1 aromatic carbocycles. The molecule has 1 N–H and O–H groups in total. The van der Waals surface area contributed by atoms with E-state index in [0.717, 1.165) is 5.56 Å². The number of hydrogen-bond acceptors (Lipinski definition) is 6. The first-order chi connectivity index (χ1) is 17.6. The molecule has 1 saturated heterocycles. The Balaban J connectivity index is 2.22. The second-order valence-electron chi connectivity index (χ2n) is 11.9. The van der Waals surface area contributed by atoms with Crippen LogP contribution in [-0.4, -0.2) is 68.4 Å². The fraction of sp³-hybridized carbons (Fsp3) is 0.600. The van der Waals surface area contributed by atoms with Gasteiger partial charge in [0.25, 0.3) is 0 Å². The maximum Gasteiger partial charge on any atom is 0.416 e. The van der Waals surface area contributed by atoms with Gasteiger partial charge in [-0.15, -0.1) is 6.58 Å². The van der Waals surface area contributed by atoms with Crippen LogP contribution in [-0.2, 0) is 25.1 Å². The van der Waals surface area contributed by atoms with Crippen LogP contribution in [0.5, 0.6) is 0 Å². The Hall–Kier alpha value is -2.26. The minimum Gasteiger partial charge on any atom is -0.447 e. The summed E-state index contributed by atoms with van der Waals surface area (Å²) in [5.41, 5.74) is 1.64. The van der Waals surface area contributed by atoms with Gasteiger partial charge in [-0.3, -0.25) is 4.79 Å². The second kappa shape index (κ2) is 13.2. The van der Waals surface area contributed by atoms with Crippen molar-refractivity contribution >= 4 is 20.3 Å². The lowest BCUT2D eigenvalue weighted by Gasteiger charge is -2.42. The zero-order valence-corrected chi connectivity index (χ0v) is 25.6. The highest BCUT2D eigenvalue weighted by Crippen LogP contribution is 2.39. The third-order valence-electron chi connectivity index (χ3n) is 7.95. The summed E-state index contributed by atoms with van der Waals surface area (Å²) in [5.74, 6) is -1.41. The summed E-state index contributed by atoms with van der Waals surface area (Å²) in [5, 5.41) is 11.2. The van der Waals surface area contributed by atoms with Gasteiger partial charge in [0.2, 0.25) is 5.91 Å². The van der Waals surface area contributed by atoms with E-state index in [1.54, 1.807) is 27.0 Å². The number of aliphatic hydroxyl groups excluding tert-OH is 1. The molecule has 0 spiro atoms. The first-order valence-electron chi connectivity index (χ1n) is 13.4. The lowest BCUT2D eigenvalue weighted by Crippen LogP contribution is -2.49. The van der Waals surface area contributed by atoms with Crippen LogP contribution in [0.4, 0.5) is 4.79 Å². The van der Waals surface area contributed by atoms with E-state index in [9.17, 15) is 14.7 Å². The van der Waals surface area contributed by atoms with Gasteiger partial charge in [0, 0.05) is 13.0 Å². The predicted octanol–water partition coefficient (Wildman–Crippen LogP) is 5.75. The van der Waals surface area contributed by atoms with E-state index >= 15 is 0 Å². The van der Waals surface area contributed by atoms with Crippen LogP contribution >= 0.6 is 0 Å². The van der Waals surface area contributed by atoms with E-state index in [1.807, 2.05) is 43.3 Å². The molecule has 0 saturated carbocycles. The fourth-order valence-corrected chi connectivity index (χ4v) is 5.86. The van der Waals surface area contributed by atoms with Crippen molar-refractivity contribution in [3.05, 3.63) is 60.2 Å². The standard InChI is InChI=1S/C30H47NO6Si/c1-11-25(35-8)27(37-38(9,10)30(5,6)7)21(3)17-20(2)26(32)22(4)28(33)31-24(19-36-29(31)34)18-23-15-13-12-14-16-23/h11-17,21-22,24-27,32H,1,18-19H2,2-10H3/b20-17-/t21-,22?,24-,25+,26+,27+/m1/s1. The monoisotopic (exact) mass is 545 g/mol. The number of rotatable bonds is 12. The van der Waals surface area contributed by atoms with Crippen LogP contribution in [0.1, 0.15) is 47.1 Å². The average Bonchev–Trinajstić information content (AvgIpc) is 3.21. The molecule has 1 fully saturated rings. The highest BCUT2D eigenvalue weighted by molar-refractivity contribution is 6.74. The van der Waals surface area contributed by atoms with E-state index in [2.05, 4.69) is 40.4 Å². The number of benzene rings is 1. The summed E-state index contributed by atoms with van der Waals surface area (Å²) >= 11 is 0. The van der Waals surface area contributed by atoms with Crippen LogP contribution < -0.4 is 0 Å².